The third kappa shape index (κ3) is 2.62. The highest BCUT2D eigenvalue weighted by Crippen LogP contribution is 2.36. The van der Waals surface area contributed by atoms with Crippen molar-refractivity contribution in [3.05, 3.63) is 58.1 Å². The van der Waals surface area contributed by atoms with Crippen molar-refractivity contribution in [3.63, 3.8) is 0 Å². The fraction of sp³-hybridized carbons (Fsp3) is 0.167. The zero-order chi connectivity index (χ0) is 16.7. The van der Waals surface area contributed by atoms with E-state index in [1.54, 1.807) is 13.2 Å². The largest absolute Gasteiger partial charge is 0.497 e. The van der Waals surface area contributed by atoms with E-state index in [0.717, 1.165) is 41.5 Å². The molecule has 0 unspecified atom stereocenters. The number of fused-ring (bicyclic) bond motifs is 1. The minimum Gasteiger partial charge on any atom is -0.497 e. The van der Waals surface area contributed by atoms with Crippen molar-refractivity contribution in [3.8, 4) is 22.7 Å². The first-order chi connectivity index (χ1) is 11.7. The molecule has 6 heteroatoms. The van der Waals surface area contributed by atoms with Crippen molar-refractivity contribution in [1.29, 1.82) is 0 Å². The van der Waals surface area contributed by atoms with Crippen molar-refractivity contribution in [2.24, 2.45) is 0 Å². The Morgan fingerprint density at radius 3 is 2.46 bits per heavy atom. The van der Waals surface area contributed by atoms with Crippen LogP contribution in [0.25, 0.3) is 16.9 Å². The van der Waals surface area contributed by atoms with Gasteiger partial charge in [0.1, 0.15) is 11.6 Å². The van der Waals surface area contributed by atoms with Crippen LogP contribution in [0.4, 0.5) is 5.82 Å². The van der Waals surface area contributed by atoms with Crippen molar-refractivity contribution in [1.82, 2.24) is 9.78 Å². The fourth-order valence-corrected chi connectivity index (χ4v) is 3.52. The Balaban J connectivity index is 1.85. The van der Waals surface area contributed by atoms with E-state index in [-0.39, 0.29) is 0 Å². The van der Waals surface area contributed by atoms with Gasteiger partial charge in [0.15, 0.2) is 0 Å². The van der Waals surface area contributed by atoms with Crippen LogP contribution < -0.4 is 10.1 Å². The van der Waals surface area contributed by atoms with Gasteiger partial charge in [-0.3, -0.25) is 0 Å². The summed E-state index contributed by atoms with van der Waals surface area (Å²) < 4.78 is 7.11. The molecule has 0 aliphatic carbocycles. The number of hydrogen-bond donors (Lipinski definition) is 1. The van der Waals surface area contributed by atoms with Crippen LogP contribution in [0.5, 0.6) is 5.75 Å². The molecule has 3 aromatic rings. The van der Waals surface area contributed by atoms with Crippen molar-refractivity contribution < 1.29 is 4.74 Å². The van der Waals surface area contributed by atoms with Crippen molar-refractivity contribution in [2.75, 3.05) is 19.0 Å². The van der Waals surface area contributed by atoms with Gasteiger partial charge in [0.2, 0.25) is 0 Å². The van der Waals surface area contributed by atoms with E-state index in [0.29, 0.717) is 10.0 Å². The number of aromatic nitrogens is 2. The summed E-state index contributed by atoms with van der Waals surface area (Å²) in [6, 6.07) is 13.4. The number of benzene rings is 2. The summed E-state index contributed by atoms with van der Waals surface area (Å²) in [5.74, 6) is 1.83. The van der Waals surface area contributed by atoms with Gasteiger partial charge in [-0.2, -0.15) is 5.10 Å². The Labute approximate surface area is 150 Å². The summed E-state index contributed by atoms with van der Waals surface area (Å²) in [5, 5.41) is 9.39. The van der Waals surface area contributed by atoms with E-state index in [1.165, 1.54) is 5.56 Å². The Morgan fingerprint density at radius 1 is 1.08 bits per heavy atom. The molecule has 4 nitrogen and oxygen atoms in total. The first kappa shape index (κ1) is 15.4. The van der Waals surface area contributed by atoms with Crippen LogP contribution in [-0.4, -0.2) is 23.4 Å². The van der Waals surface area contributed by atoms with Crippen LogP contribution in [0.3, 0.4) is 0 Å². The molecule has 0 fully saturated rings. The number of nitrogens with one attached hydrogen (secondary N) is 1. The third-order valence-electron chi connectivity index (χ3n) is 4.11. The lowest BCUT2D eigenvalue weighted by Gasteiger charge is -2.07. The molecule has 0 amide bonds. The molecule has 0 radical (unpaired) electrons. The lowest BCUT2D eigenvalue weighted by atomic mass is 10.1. The normalized spacial score (nSPS) is 12.8. The predicted molar refractivity (Wildman–Crippen MR) is 97.8 cm³/mol. The Bertz CT molecular complexity index is 883. The molecular weight excluding hydrogens is 345 g/mol. The van der Waals surface area contributed by atoms with Crippen LogP contribution in [-0.2, 0) is 6.42 Å². The molecule has 0 saturated carbocycles. The molecule has 122 valence electrons. The summed E-state index contributed by atoms with van der Waals surface area (Å²) in [4.78, 5) is 0. The predicted octanol–water partition coefficient (Wildman–Crippen LogP) is 4.82. The summed E-state index contributed by atoms with van der Waals surface area (Å²) in [5.41, 5.74) is 4.07. The lowest BCUT2D eigenvalue weighted by Crippen LogP contribution is -2.04. The average molecular weight is 360 g/mol. The van der Waals surface area contributed by atoms with Gasteiger partial charge in [0.05, 0.1) is 18.5 Å². The molecular formula is C18H15Cl2N3O. The summed E-state index contributed by atoms with van der Waals surface area (Å²) in [7, 11) is 1.66. The van der Waals surface area contributed by atoms with Gasteiger partial charge in [-0.15, -0.1) is 0 Å². The Hall–Kier alpha value is -2.17. The second kappa shape index (κ2) is 6.04. The quantitative estimate of drug-likeness (QED) is 0.728. The van der Waals surface area contributed by atoms with Crippen LogP contribution in [0.1, 0.15) is 5.56 Å². The van der Waals surface area contributed by atoms with E-state index in [4.69, 9.17) is 33.0 Å². The maximum absolute atomic E-state index is 6.15. The van der Waals surface area contributed by atoms with Crippen molar-refractivity contribution >= 4 is 29.0 Å². The SMILES string of the molecule is COc1ccc(-c2nn(-c3cc(Cl)cc(Cl)c3)c3c2CCN3)cc1. The number of halogens is 2. The maximum Gasteiger partial charge on any atom is 0.133 e. The van der Waals surface area contributed by atoms with Gasteiger partial charge >= 0.3 is 0 Å². The van der Waals surface area contributed by atoms with Gasteiger partial charge in [-0.05, 0) is 48.9 Å². The minimum absolute atomic E-state index is 0.589. The van der Waals surface area contributed by atoms with E-state index >= 15 is 0 Å². The maximum atomic E-state index is 6.15. The second-order valence-corrected chi connectivity index (χ2v) is 6.49. The summed E-state index contributed by atoms with van der Waals surface area (Å²) in [6.07, 6.45) is 0.936. The van der Waals surface area contributed by atoms with Gasteiger partial charge in [0, 0.05) is 27.7 Å². The Kier molecular flexibility index (Phi) is 3.87. The molecule has 1 aliphatic heterocycles. The first-order valence-electron chi connectivity index (χ1n) is 7.62. The molecule has 2 aromatic carbocycles. The number of rotatable bonds is 3. The van der Waals surface area contributed by atoms with E-state index < -0.39 is 0 Å². The molecule has 4 rings (SSSR count). The third-order valence-corrected chi connectivity index (χ3v) is 4.54. The number of ether oxygens (including phenoxy) is 1. The molecule has 0 bridgehead atoms. The van der Waals surface area contributed by atoms with Gasteiger partial charge in [0.25, 0.3) is 0 Å². The average Bonchev–Trinajstić information content (AvgIpc) is 3.16. The summed E-state index contributed by atoms with van der Waals surface area (Å²) in [6.45, 7) is 0.893. The molecule has 0 saturated heterocycles. The number of methoxy groups -OCH3 is 1. The second-order valence-electron chi connectivity index (χ2n) is 5.62. The monoisotopic (exact) mass is 359 g/mol. The standard InChI is InChI=1S/C18H15Cl2N3O/c1-24-15-4-2-11(3-5-15)17-16-6-7-21-18(16)23(22-17)14-9-12(19)8-13(20)10-14/h2-5,8-10,21H,6-7H2,1H3. The molecule has 0 atom stereocenters. The first-order valence-corrected chi connectivity index (χ1v) is 8.38. The van der Waals surface area contributed by atoms with Gasteiger partial charge in [-0.25, -0.2) is 4.68 Å². The van der Waals surface area contributed by atoms with Gasteiger partial charge in [-0.1, -0.05) is 23.2 Å². The van der Waals surface area contributed by atoms with Crippen LogP contribution in [0, 0.1) is 0 Å². The number of hydrogen-bond acceptors (Lipinski definition) is 3. The fourth-order valence-electron chi connectivity index (χ4n) is 3.00. The molecule has 1 aliphatic rings. The molecule has 1 aromatic heterocycles. The highest BCUT2D eigenvalue weighted by Gasteiger charge is 2.24. The zero-order valence-electron chi connectivity index (χ0n) is 13.0. The van der Waals surface area contributed by atoms with Crippen LogP contribution in [0.15, 0.2) is 42.5 Å². The van der Waals surface area contributed by atoms with E-state index in [1.807, 2.05) is 41.1 Å². The summed E-state index contributed by atoms with van der Waals surface area (Å²) >= 11 is 12.3. The molecule has 24 heavy (non-hydrogen) atoms. The van der Waals surface area contributed by atoms with E-state index in [2.05, 4.69) is 5.32 Å². The van der Waals surface area contributed by atoms with Crippen LogP contribution >= 0.6 is 23.2 Å². The Morgan fingerprint density at radius 2 is 1.79 bits per heavy atom. The van der Waals surface area contributed by atoms with Gasteiger partial charge < -0.3 is 10.1 Å². The minimum atomic E-state index is 0.589. The van der Waals surface area contributed by atoms with Crippen LogP contribution in [0.2, 0.25) is 10.0 Å². The van der Waals surface area contributed by atoms with E-state index in [9.17, 15) is 0 Å². The number of nitrogens with zero attached hydrogens (tertiary/aromatic N) is 2. The topological polar surface area (TPSA) is 39.1 Å². The highest BCUT2D eigenvalue weighted by atomic mass is 35.5. The lowest BCUT2D eigenvalue weighted by molar-refractivity contribution is 0.415. The zero-order valence-corrected chi connectivity index (χ0v) is 14.5. The smallest absolute Gasteiger partial charge is 0.133 e. The number of anilines is 1. The highest BCUT2D eigenvalue weighted by molar-refractivity contribution is 6.34. The molecule has 0 spiro atoms. The molecule has 2 heterocycles. The molecule has 1 N–H and O–H groups in total. The van der Waals surface area contributed by atoms with Crippen molar-refractivity contribution in [2.45, 2.75) is 6.42 Å².